The lowest BCUT2D eigenvalue weighted by Gasteiger charge is -2.32. The van der Waals surface area contributed by atoms with E-state index in [0.29, 0.717) is 19.5 Å². The van der Waals surface area contributed by atoms with Crippen LogP contribution in [0.1, 0.15) is 18.4 Å². The summed E-state index contributed by atoms with van der Waals surface area (Å²) < 4.78 is 0. The van der Waals surface area contributed by atoms with Crippen LogP contribution in [0.25, 0.3) is 0 Å². The van der Waals surface area contributed by atoms with Crippen molar-refractivity contribution in [1.29, 1.82) is 0 Å². The molecule has 0 unspecified atom stereocenters. The van der Waals surface area contributed by atoms with Gasteiger partial charge in [-0.05, 0) is 37.6 Å². The predicted molar refractivity (Wildman–Crippen MR) is 76.9 cm³/mol. The Morgan fingerprint density at radius 2 is 2.15 bits per heavy atom. The highest BCUT2D eigenvalue weighted by molar-refractivity contribution is 5.95. The Balaban J connectivity index is 2.02. The first kappa shape index (κ1) is 14.5. The van der Waals surface area contributed by atoms with Gasteiger partial charge in [0.05, 0.1) is 6.54 Å². The summed E-state index contributed by atoms with van der Waals surface area (Å²) in [6, 6.07) is 7.83. The van der Waals surface area contributed by atoms with Crippen molar-refractivity contribution in [2.24, 2.45) is 0 Å². The van der Waals surface area contributed by atoms with Gasteiger partial charge < -0.3 is 10.0 Å². The van der Waals surface area contributed by atoms with Crippen molar-refractivity contribution >= 4 is 17.6 Å². The summed E-state index contributed by atoms with van der Waals surface area (Å²) in [5.74, 6) is -0.656. The average molecular weight is 276 g/mol. The van der Waals surface area contributed by atoms with Crippen molar-refractivity contribution in [2.75, 3.05) is 31.6 Å². The van der Waals surface area contributed by atoms with E-state index in [-0.39, 0.29) is 12.3 Å². The zero-order valence-electron chi connectivity index (χ0n) is 11.7. The fourth-order valence-electron chi connectivity index (χ4n) is 2.39. The van der Waals surface area contributed by atoms with Gasteiger partial charge in [0.15, 0.2) is 0 Å². The summed E-state index contributed by atoms with van der Waals surface area (Å²) >= 11 is 0. The van der Waals surface area contributed by atoms with E-state index in [2.05, 4.69) is 0 Å². The highest BCUT2D eigenvalue weighted by Gasteiger charge is 2.22. The third-order valence-corrected chi connectivity index (χ3v) is 3.49. The van der Waals surface area contributed by atoms with E-state index in [1.807, 2.05) is 36.2 Å². The molecule has 1 amide bonds. The lowest BCUT2D eigenvalue weighted by atomic mass is 10.1. The van der Waals surface area contributed by atoms with E-state index in [1.165, 1.54) is 0 Å². The third-order valence-electron chi connectivity index (χ3n) is 3.49. The van der Waals surface area contributed by atoms with Crippen LogP contribution >= 0.6 is 0 Å². The van der Waals surface area contributed by atoms with Crippen molar-refractivity contribution in [3.63, 3.8) is 0 Å². The molecule has 1 aromatic rings. The minimum Gasteiger partial charge on any atom is -0.481 e. The summed E-state index contributed by atoms with van der Waals surface area (Å²) in [4.78, 5) is 26.4. The van der Waals surface area contributed by atoms with Gasteiger partial charge in [0.2, 0.25) is 5.91 Å². The molecule has 1 aromatic carbocycles. The first-order chi connectivity index (χ1) is 9.56. The summed E-state index contributed by atoms with van der Waals surface area (Å²) in [5.41, 5.74) is 1.99. The number of likely N-dealkylation sites (N-methyl/N-ethyl adjacent to an activating group) is 1. The number of carbonyl (C=O) groups is 2. The number of piperazine rings is 1. The molecular weight excluding hydrogens is 256 g/mol. The molecule has 1 heterocycles. The van der Waals surface area contributed by atoms with Crippen LogP contribution in [-0.4, -0.2) is 48.6 Å². The number of aliphatic carboxylic acids is 1. The van der Waals surface area contributed by atoms with Crippen LogP contribution in [0.15, 0.2) is 24.3 Å². The van der Waals surface area contributed by atoms with Gasteiger partial charge in [0.25, 0.3) is 0 Å². The zero-order chi connectivity index (χ0) is 14.5. The fourth-order valence-corrected chi connectivity index (χ4v) is 2.39. The first-order valence-electron chi connectivity index (χ1n) is 6.86. The van der Waals surface area contributed by atoms with Crippen molar-refractivity contribution in [3.8, 4) is 0 Å². The Kier molecular flexibility index (Phi) is 4.74. The van der Waals surface area contributed by atoms with Gasteiger partial charge >= 0.3 is 5.97 Å². The second-order valence-corrected chi connectivity index (χ2v) is 5.20. The maximum Gasteiger partial charge on any atom is 0.303 e. The number of nitrogens with zero attached hydrogens (tertiary/aromatic N) is 2. The summed E-state index contributed by atoms with van der Waals surface area (Å²) in [6.07, 6.45) is 1.52. The minimum atomic E-state index is -0.768. The smallest absolute Gasteiger partial charge is 0.303 e. The minimum absolute atomic E-state index is 0.112. The normalized spacial score (nSPS) is 16.4. The Bertz CT molecular complexity index is 502. The van der Waals surface area contributed by atoms with Crippen LogP contribution < -0.4 is 4.90 Å². The molecular formula is C15H20N2O3. The average Bonchev–Trinajstić information content (AvgIpc) is 2.38. The number of anilines is 1. The van der Waals surface area contributed by atoms with Crippen molar-refractivity contribution in [3.05, 3.63) is 29.8 Å². The van der Waals surface area contributed by atoms with Crippen LogP contribution in [0.3, 0.4) is 0 Å². The fraction of sp³-hybridized carbons (Fsp3) is 0.467. The van der Waals surface area contributed by atoms with E-state index in [4.69, 9.17) is 5.11 Å². The summed E-state index contributed by atoms with van der Waals surface area (Å²) in [6.45, 7) is 2.02. The molecule has 1 aliphatic rings. The second kappa shape index (κ2) is 6.52. The van der Waals surface area contributed by atoms with E-state index < -0.39 is 5.97 Å². The molecule has 5 nitrogen and oxygen atoms in total. The molecule has 0 bridgehead atoms. The number of rotatable bonds is 5. The molecule has 0 spiro atoms. The SMILES string of the molecule is CN1CCN(c2cccc(CCCC(=O)O)c2)C(=O)C1. The molecule has 1 fully saturated rings. The van der Waals surface area contributed by atoms with E-state index in [0.717, 1.165) is 24.2 Å². The second-order valence-electron chi connectivity index (χ2n) is 5.20. The van der Waals surface area contributed by atoms with Gasteiger partial charge in [-0.1, -0.05) is 12.1 Å². The van der Waals surface area contributed by atoms with Gasteiger partial charge in [-0.15, -0.1) is 0 Å². The Morgan fingerprint density at radius 1 is 1.35 bits per heavy atom. The van der Waals surface area contributed by atoms with Crippen LogP contribution in [0.4, 0.5) is 5.69 Å². The maximum absolute atomic E-state index is 12.0. The Hall–Kier alpha value is -1.88. The number of hydrogen-bond donors (Lipinski definition) is 1. The van der Waals surface area contributed by atoms with Gasteiger partial charge in [-0.3, -0.25) is 14.5 Å². The molecule has 0 aromatic heterocycles. The number of benzene rings is 1. The molecule has 0 aliphatic carbocycles. The third kappa shape index (κ3) is 3.81. The summed E-state index contributed by atoms with van der Waals surface area (Å²) in [7, 11) is 1.94. The van der Waals surface area contributed by atoms with Crippen LogP contribution in [0.2, 0.25) is 0 Å². The standard InChI is InChI=1S/C15H20N2O3/c1-16-8-9-17(14(18)11-16)13-6-2-4-12(10-13)5-3-7-15(19)20/h2,4,6,10H,3,5,7-9,11H2,1H3,(H,19,20). The van der Waals surface area contributed by atoms with Crippen LogP contribution in [0, 0.1) is 0 Å². The topological polar surface area (TPSA) is 60.9 Å². The largest absolute Gasteiger partial charge is 0.481 e. The zero-order valence-corrected chi connectivity index (χ0v) is 11.7. The van der Waals surface area contributed by atoms with Crippen LogP contribution in [-0.2, 0) is 16.0 Å². The first-order valence-corrected chi connectivity index (χ1v) is 6.86. The van der Waals surface area contributed by atoms with Gasteiger partial charge in [0, 0.05) is 25.2 Å². The molecule has 2 rings (SSSR count). The quantitative estimate of drug-likeness (QED) is 0.882. The number of hydrogen-bond acceptors (Lipinski definition) is 3. The van der Waals surface area contributed by atoms with Crippen molar-refractivity contribution in [1.82, 2.24) is 4.90 Å². The molecule has 0 atom stereocenters. The molecule has 20 heavy (non-hydrogen) atoms. The molecule has 0 radical (unpaired) electrons. The number of carbonyl (C=O) groups excluding carboxylic acids is 1. The van der Waals surface area contributed by atoms with Crippen LogP contribution in [0.5, 0.6) is 0 Å². The van der Waals surface area contributed by atoms with Crippen molar-refractivity contribution < 1.29 is 14.7 Å². The van der Waals surface area contributed by atoms with Crippen molar-refractivity contribution in [2.45, 2.75) is 19.3 Å². The van der Waals surface area contributed by atoms with E-state index in [1.54, 1.807) is 4.90 Å². The van der Waals surface area contributed by atoms with Gasteiger partial charge in [-0.2, -0.15) is 0 Å². The van der Waals surface area contributed by atoms with Gasteiger partial charge in [-0.25, -0.2) is 0 Å². The Morgan fingerprint density at radius 3 is 2.85 bits per heavy atom. The number of amides is 1. The molecule has 0 saturated carbocycles. The molecule has 1 saturated heterocycles. The van der Waals surface area contributed by atoms with Gasteiger partial charge in [0.1, 0.15) is 0 Å². The lowest BCUT2D eigenvalue weighted by Crippen LogP contribution is -2.48. The number of aryl methyl sites for hydroxylation is 1. The molecule has 1 aliphatic heterocycles. The highest BCUT2D eigenvalue weighted by atomic mass is 16.4. The highest BCUT2D eigenvalue weighted by Crippen LogP contribution is 2.19. The predicted octanol–water partition coefficient (Wildman–Crippen LogP) is 1.37. The lowest BCUT2D eigenvalue weighted by molar-refractivity contribution is -0.137. The van der Waals surface area contributed by atoms with E-state index >= 15 is 0 Å². The summed E-state index contributed by atoms with van der Waals surface area (Å²) in [5, 5.41) is 8.65. The Labute approximate surface area is 118 Å². The van der Waals surface area contributed by atoms with E-state index in [9.17, 15) is 9.59 Å². The number of carboxylic acids is 1. The molecule has 5 heteroatoms. The molecule has 1 N–H and O–H groups in total. The maximum atomic E-state index is 12.0. The number of carboxylic acid groups (broad SMARTS) is 1. The molecule has 108 valence electrons. The monoisotopic (exact) mass is 276 g/mol.